The first-order chi connectivity index (χ1) is 28.0. The zero-order valence-corrected chi connectivity index (χ0v) is 37.4. The molecular weight excluding hydrogens is 902 g/mol. The molecule has 301 valence electrons. The predicted molar refractivity (Wildman–Crippen MR) is 248 cm³/mol. The molecule has 0 atom stereocenters. The summed E-state index contributed by atoms with van der Waals surface area (Å²) in [5.74, 6) is 1.64. The number of aromatic nitrogens is 1. The maximum absolute atomic E-state index is 5.30. The van der Waals surface area contributed by atoms with E-state index in [1.54, 1.807) is 0 Å². The normalized spacial score (nSPS) is 12.5. The summed E-state index contributed by atoms with van der Waals surface area (Å²) in [6.45, 7) is 19.8. The Balaban J connectivity index is 0.000000244. The molecule has 0 unspecified atom stereocenters. The van der Waals surface area contributed by atoms with Gasteiger partial charge >= 0.3 is 0 Å². The Labute approximate surface area is 366 Å². The number of amidine groups is 1. The quantitative estimate of drug-likeness (QED) is 0.118. The van der Waals surface area contributed by atoms with Gasteiger partial charge in [0.2, 0.25) is 0 Å². The van der Waals surface area contributed by atoms with Crippen LogP contribution in [0.25, 0.3) is 44.1 Å². The van der Waals surface area contributed by atoms with Crippen LogP contribution in [-0.4, -0.2) is 5.84 Å². The van der Waals surface area contributed by atoms with Gasteiger partial charge in [0.05, 0.1) is 0 Å². The van der Waals surface area contributed by atoms with Gasteiger partial charge < -0.3 is 14.9 Å². The molecule has 59 heavy (non-hydrogen) atoms. The third-order valence-corrected chi connectivity index (χ3v) is 11.1. The van der Waals surface area contributed by atoms with Crippen molar-refractivity contribution in [1.82, 2.24) is 4.98 Å². The van der Waals surface area contributed by atoms with Gasteiger partial charge in [0.15, 0.2) is 0 Å². The van der Waals surface area contributed by atoms with Gasteiger partial charge in [0, 0.05) is 39.3 Å². The molecule has 0 amide bonds. The van der Waals surface area contributed by atoms with Crippen LogP contribution in [0.4, 0.5) is 11.4 Å². The van der Waals surface area contributed by atoms with Crippen LogP contribution in [-0.2, 0) is 22.4 Å². The van der Waals surface area contributed by atoms with E-state index in [0.717, 1.165) is 28.1 Å². The Bertz CT molecular complexity index is 2600. The van der Waals surface area contributed by atoms with Gasteiger partial charge in [-0.15, -0.1) is 17.7 Å². The molecule has 1 aliphatic rings. The van der Waals surface area contributed by atoms with E-state index in [0.29, 0.717) is 11.8 Å². The number of benzene rings is 7. The van der Waals surface area contributed by atoms with Crippen molar-refractivity contribution < 1.29 is 22.4 Å². The predicted octanol–water partition coefficient (Wildman–Crippen LogP) is 14.3. The molecule has 1 aliphatic heterocycles. The maximum Gasteiger partial charge on any atom is 0.129 e. The van der Waals surface area contributed by atoms with Gasteiger partial charge in [0.1, 0.15) is 5.84 Å². The van der Waals surface area contributed by atoms with Crippen LogP contribution in [0.15, 0.2) is 157 Å². The van der Waals surface area contributed by atoms with Crippen molar-refractivity contribution in [2.75, 3.05) is 9.91 Å². The monoisotopic (exact) mass is 953 g/mol. The molecule has 0 spiro atoms. The first-order valence-electron chi connectivity index (χ1n) is 20.5. The van der Waals surface area contributed by atoms with Crippen LogP contribution in [0, 0.1) is 34.4 Å². The molecule has 0 saturated carbocycles. The van der Waals surface area contributed by atoms with Crippen molar-refractivity contribution in [3.05, 3.63) is 197 Å². The van der Waals surface area contributed by atoms with Crippen molar-refractivity contribution in [2.24, 2.45) is 5.10 Å². The fourth-order valence-electron chi connectivity index (χ4n) is 8.28. The Hall–Kier alpha value is -5.65. The molecule has 5 heteroatoms. The summed E-state index contributed by atoms with van der Waals surface area (Å²) >= 11 is 0. The van der Waals surface area contributed by atoms with E-state index in [1.807, 2.05) is 0 Å². The first kappa shape index (κ1) is 41.5. The molecule has 7 aromatic carbocycles. The molecule has 2 heterocycles. The standard InChI is InChI=1S/C38H36N3.C16H16N.Au/c1-27(2)35-21-14-22-36(28(3)4)37(35)41-26-40(38(39-41)31-19-12-7-13-20-31)34-24-32(29-15-8-5-9-16-29)23-33(25-34)30-17-10-6-11-18-30;1-9-5-11(3)15-13(7-9)14-8-10(2)6-12(4)16(14)17-15;/h5-28H,1-4H3;5-8H,1-4H3;/q2*-1;. The van der Waals surface area contributed by atoms with Gasteiger partial charge in [-0.1, -0.05) is 183 Å². The molecule has 8 aromatic rings. The molecule has 0 saturated heterocycles. The molecule has 1 radical (unpaired) electrons. The topological polar surface area (TPSA) is 32.9 Å². The zero-order valence-electron chi connectivity index (χ0n) is 35.3. The van der Waals surface area contributed by atoms with Crippen molar-refractivity contribution in [2.45, 2.75) is 67.2 Å². The smallest absolute Gasteiger partial charge is 0.129 e. The number of hydrogen-bond donors (Lipinski definition) is 0. The summed E-state index contributed by atoms with van der Waals surface area (Å²) in [6, 6.07) is 54.1. The Kier molecular flexibility index (Phi) is 12.4. The van der Waals surface area contributed by atoms with E-state index < -0.39 is 0 Å². The van der Waals surface area contributed by atoms with E-state index >= 15 is 0 Å². The average molecular weight is 954 g/mol. The summed E-state index contributed by atoms with van der Waals surface area (Å²) < 4.78 is 0. The fourth-order valence-corrected chi connectivity index (χ4v) is 8.28. The molecule has 0 aliphatic carbocycles. The Morgan fingerprint density at radius 3 is 1.37 bits per heavy atom. The molecular formula is C54H52AuN4-2. The van der Waals surface area contributed by atoms with Crippen molar-refractivity contribution in [3.8, 4) is 22.3 Å². The minimum absolute atomic E-state index is 0. The third kappa shape index (κ3) is 8.58. The fraction of sp³-hybridized carbons (Fsp3) is 0.185. The summed E-state index contributed by atoms with van der Waals surface area (Å²) in [4.78, 5) is 7.04. The van der Waals surface area contributed by atoms with Gasteiger partial charge in [0.25, 0.3) is 0 Å². The van der Waals surface area contributed by atoms with Crippen LogP contribution in [0.3, 0.4) is 0 Å². The number of para-hydroxylation sites is 1. The number of nitrogens with zero attached hydrogens (tertiary/aromatic N) is 4. The average Bonchev–Trinajstić information content (AvgIpc) is 3.85. The van der Waals surface area contributed by atoms with E-state index in [4.69, 9.17) is 10.1 Å². The number of fused-ring (bicyclic) bond motifs is 3. The largest absolute Gasteiger partial charge is 0.656 e. The maximum atomic E-state index is 5.30. The van der Waals surface area contributed by atoms with Crippen LogP contribution in [0.5, 0.6) is 0 Å². The number of anilines is 2. The molecule has 0 bridgehead atoms. The van der Waals surface area contributed by atoms with Crippen LogP contribution in [0.1, 0.15) is 78.5 Å². The first-order valence-corrected chi connectivity index (χ1v) is 20.5. The zero-order chi connectivity index (χ0) is 40.5. The minimum Gasteiger partial charge on any atom is -0.656 e. The second kappa shape index (κ2) is 17.7. The van der Waals surface area contributed by atoms with Crippen LogP contribution < -0.4 is 14.9 Å². The van der Waals surface area contributed by atoms with Crippen molar-refractivity contribution >= 4 is 39.0 Å². The number of hydrazone groups is 1. The van der Waals surface area contributed by atoms with E-state index in [2.05, 4.69) is 224 Å². The van der Waals surface area contributed by atoms with E-state index in [1.165, 1.54) is 72.1 Å². The molecule has 9 rings (SSSR count). The summed E-state index contributed by atoms with van der Waals surface area (Å²) in [7, 11) is 0. The van der Waals surface area contributed by atoms with E-state index in [9.17, 15) is 0 Å². The summed E-state index contributed by atoms with van der Waals surface area (Å²) in [5, 5.41) is 9.99. The second-order valence-electron chi connectivity index (χ2n) is 16.3. The molecule has 0 fully saturated rings. The van der Waals surface area contributed by atoms with E-state index in [-0.39, 0.29) is 22.4 Å². The van der Waals surface area contributed by atoms with Crippen LogP contribution in [0.2, 0.25) is 0 Å². The molecule has 4 nitrogen and oxygen atoms in total. The second-order valence-corrected chi connectivity index (χ2v) is 16.3. The van der Waals surface area contributed by atoms with Crippen LogP contribution >= 0.6 is 0 Å². The third-order valence-electron chi connectivity index (χ3n) is 11.1. The van der Waals surface area contributed by atoms with Gasteiger partial charge in [-0.25, -0.2) is 0 Å². The number of aryl methyl sites for hydroxylation is 4. The molecule has 1 aromatic heterocycles. The SMILES string of the molecule is CC(C)c1cccc(C(C)C)c1N1[CH-]N(c2cc(-c3ccccc3)cc(-c3ccccc3)c2)C(c2ccccc2)=N1.Cc1cc(C)c2[n-]c3c(C)cc(C)cc3c2c1.[Au]. The minimum atomic E-state index is 0. The number of rotatable bonds is 7. The Morgan fingerprint density at radius 2 is 0.932 bits per heavy atom. The van der Waals surface area contributed by atoms with Crippen molar-refractivity contribution in [3.63, 3.8) is 0 Å². The summed E-state index contributed by atoms with van der Waals surface area (Å²) in [5.41, 5.74) is 18.1. The van der Waals surface area contributed by atoms with Gasteiger partial charge in [-0.05, 0) is 102 Å². The summed E-state index contributed by atoms with van der Waals surface area (Å²) in [6.07, 6.45) is 0. The van der Waals surface area contributed by atoms with Gasteiger partial charge in [-0.3, -0.25) is 0 Å². The molecule has 0 N–H and O–H groups in total. The Morgan fingerprint density at radius 1 is 0.492 bits per heavy atom. The van der Waals surface area contributed by atoms with Crippen molar-refractivity contribution in [1.29, 1.82) is 0 Å². The van der Waals surface area contributed by atoms with Gasteiger partial charge in [-0.2, -0.15) is 5.10 Å². The number of hydrogen-bond acceptors (Lipinski definition) is 3.